The first-order valence-corrected chi connectivity index (χ1v) is 7.68. The smallest absolute Gasteiger partial charge is 0.320 e. The number of fused-ring (bicyclic) bond motifs is 1. The number of ether oxygens (including phenoxy) is 1. The van der Waals surface area contributed by atoms with Crippen LogP contribution in [-0.2, 0) is 16.3 Å². The van der Waals surface area contributed by atoms with Crippen LogP contribution in [0.2, 0.25) is 0 Å². The summed E-state index contributed by atoms with van der Waals surface area (Å²) in [4.78, 5) is 33.2. The number of rotatable bonds is 9. The summed E-state index contributed by atoms with van der Waals surface area (Å²) >= 11 is 0. The number of anilines is 1. The van der Waals surface area contributed by atoms with E-state index in [1.807, 2.05) is 13.8 Å². The second kappa shape index (κ2) is 7.88. The Morgan fingerprint density at radius 1 is 1.58 bits per heavy atom. The molecule has 0 amide bonds. The molecule has 1 unspecified atom stereocenters. The Labute approximate surface area is 138 Å². The molecule has 2 aromatic rings. The number of aliphatic carboxylic acids is 1. The molecule has 0 saturated carbocycles. The molecule has 10 heteroatoms. The van der Waals surface area contributed by atoms with Gasteiger partial charge in [0.15, 0.2) is 11.2 Å². The zero-order valence-electron chi connectivity index (χ0n) is 13.7. The molecule has 0 aliphatic heterocycles. The van der Waals surface area contributed by atoms with Gasteiger partial charge in [-0.25, -0.2) is 4.98 Å². The largest absolute Gasteiger partial charge is 0.480 e. The van der Waals surface area contributed by atoms with Gasteiger partial charge in [-0.05, 0) is 5.92 Å². The minimum absolute atomic E-state index is 0.00812. The molecule has 0 saturated heterocycles. The van der Waals surface area contributed by atoms with Gasteiger partial charge in [0.25, 0.3) is 5.56 Å². The molecule has 0 fully saturated rings. The highest BCUT2D eigenvalue weighted by molar-refractivity contribution is 5.73. The second-order valence-electron chi connectivity index (χ2n) is 5.53. The van der Waals surface area contributed by atoms with Crippen LogP contribution in [0.15, 0.2) is 11.1 Å². The van der Waals surface area contributed by atoms with E-state index in [1.54, 1.807) is 4.57 Å². The van der Waals surface area contributed by atoms with Crippen LogP contribution in [0.5, 0.6) is 0 Å². The van der Waals surface area contributed by atoms with E-state index in [0.29, 0.717) is 18.8 Å². The molecule has 0 bridgehead atoms. The fourth-order valence-electron chi connectivity index (χ4n) is 2.28. The van der Waals surface area contributed by atoms with Gasteiger partial charge in [-0.2, -0.15) is 4.98 Å². The summed E-state index contributed by atoms with van der Waals surface area (Å²) in [7, 11) is 0. The molecule has 2 atom stereocenters. The van der Waals surface area contributed by atoms with Crippen LogP contribution in [-0.4, -0.2) is 49.8 Å². The van der Waals surface area contributed by atoms with Gasteiger partial charge < -0.3 is 20.9 Å². The number of nitrogens with zero attached hydrogens (tertiary/aromatic N) is 3. The van der Waals surface area contributed by atoms with Crippen LogP contribution in [0.1, 0.15) is 20.3 Å². The standard InChI is InChI=1S/C14H22N6O4/c1-3-8(2)9(13(22)23)16-4-5-24-7-20-6-17-10-11(20)18-14(15)19-12(10)21/h6,8-9,16H,3-5,7H2,1-2H3,(H,22,23)(H3,15,18,19,21)/t8?,9-/m0/s1. The van der Waals surface area contributed by atoms with Crippen molar-refractivity contribution in [2.45, 2.75) is 33.0 Å². The monoisotopic (exact) mass is 338 g/mol. The second-order valence-corrected chi connectivity index (χ2v) is 5.53. The minimum atomic E-state index is -0.871. The van der Waals surface area contributed by atoms with Crippen LogP contribution >= 0.6 is 0 Å². The normalized spacial score (nSPS) is 13.9. The topological polar surface area (TPSA) is 148 Å². The van der Waals surface area contributed by atoms with Gasteiger partial charge in [-0.3, -0.25) is 19.1 Å². The maximum atomic E-state index is 11.7. The molecular formula is C14H22N6O4. The molecule has 2 rings (SSSR count). The lowest BCUT2D eigenvalue weighted by Gasteiger charge is -2.20. The van der Waals surface area contributed by atoms with Crippen molar-refractivity contribution in [1.82, 2.24) is 24.8 Å². The fourth-order valence-corrected chi connectivity index (χ4v) is 2.28. The fraction of sp³-hybridized carbons (Fsp3) is 0.571. The van der Waals surface area contributed by atoms with Gasteiger partial charge in [0.2, 0.25) is 5.95 Å². The number of hydrogen-bond donors (Lipinski definition) is 4. The van der Waals surface area contributed by atoms with Crippen LogP contribution in [0.3, 0.4) is 0 Å². The molecule has 132 valence electrons. The lowest BCUT2D eigenvalue weighted by atomic mass is 9.99. The summed E-state index contributed by atoms with van der Waals surface area (Å²) in [6.45, 7) is 4.67. The first-order chi connectivity index (χ1) is 11.4. The number of aromatic nitrogens is 4. The third kappa shape index (κ3) is 4.09. The van der Waals surface area contributed by atoms with E-state index >= 15 is 0 Å². The highest BCUT2D eigenvalue weighted by Crippen LogP contribution is 2.08. The number of nitrogens with two attached hydrogens (primary N) is 1. The molecule has 0 aromatic carbocycles. The van der Waals surface area contributed by atoms with Gasteiger partial charge >= 0.3 is 5.97 Å². The number of imidazole rings is 1. The van der Waals surface area contributed by atoms with Crippen molar-refractivity contribution in [3.63, 3.8) is 0 Å². The predicted molar refractivity (Wildman–Crippen MR) is 87.4 cm³/mol. The van der Waals surface area contributed by atoms with Gasteiger partial charge in [-0.1, -0.05) is 20.3 Å². The average Bonchev–Trinajstić information content (AvgIpc) is 2.93. The number of hydrogen-bond acceptors (Lipinski definition) is 7. The number of carboxylic acids is 1. The summed E-state index contributed by atoms with van der Waals surface area (Å²) in [6, 6.07) is -0.604. The number of H-pyrrole nitrogens is 1. The molecule has 2 heterocycles. The Kier molecular flexibility index (Phi) is 5.88. The Morgan fingerprint density at radius 2 is 2.33 bits per heavy atom. The van der Waals surface area contributed by atoms with Gasteiger partial charge in [0.05, 0.1) is 12.9 Å². The van der Waals surface area contributed by atoms with Crippen molar-refractivity contribution in [3.8, 4) is 0 Å². The maximum absolute atomic E-state index is 11.7. The van der Waals surface area contributed by atoms with Crippen molar-refractivity contribution >= 4 is 23.1 Å². The quantitative estimate of drug-likeness (QED) is 0.458. The van der Waals surface area contributed by atoms with E-state index < -0.39 is 17.6 Å². The Bertz CT molecular complexity index is 755. The number of nitrogen functional groups attached to an aromatic ring is 1. The van der Waals surface area contributed by atoms with Crippen molar-refractivity contribution in [1.29, 1.82) is 0 Å². The SMILES string of the molecule is CCC(C)[C@H](NCCOCn1cnc2c(=O)[nH]c(N)nc21)C(=O)O. The van der Waals surface area contributed by atoms with Gasteiger partial charge in [-0.15, -0.1) is 0 Å². The summed E-state index contributed by atoms with van der Waals surface area (Å²) in [5, 5.41) is 12.1. The number of aromatic amines is 1. The molecule has 10 nitrogen and oxygen atoms in total. The Hall–Kier alpha value is -2.46. The van der Waals surface area contributed by atoms with Gasteiger partial charge in [0.1, 0.15) is 12.8 Å². The summed E-state index contributed by atoms with van der Waals surface area (Å²) < 4.78 is 7.04. The van der Waals surface area contributed by atoms with Crippen LogP contribution in [0.4, 0.5) is 5.95 Å². The predicted octanol–water partition coefficient (Wildman–Crippen LogP) is -0.235. The van der Waals surface area contributed by atoms with E-state index in [9.17, 15) is 14.7 Å². The van der Waals surface area contributed by atoms with Crippen molar-refractivity contribution < 1.29 is 14.6 Å². The first kappa shape index (κ1) is 17.9. The van der Waals surface area contributed by atoms with E-state index in [2.05, 4.69) is 20.3 Å². The van der Waals surface area contributed by atoms with E-state index in [0.717, 1.165) is 6.42 Å². The van der Waals surface area contributed by atoms with Crippen LogP contribution < -0.4 is 16.6 Å². The zero-order chi connectivity index (χ0) is 17.7. The first-order valence-electron chi connectivity index (χ1n) is 7.68. The maximum Gasteiger partial charge on any atom is 0.320 e. The van der Waals surface area contributed by atoms with Crippen molar-refractivity contribution in [2.24, 2.45) is 5.92 Å². The Balaban J connectivity index is 1.87. The number of nitrogens with one attached hydrogen (secondary N) is 2. The van der Waals surface area contributed by atoms with E-state index in [-0.39, 0.29) is 24.1 Å². The molecule has 2 aromatic heterocycles. The molecule has 5 N–H and O–H groups in total. The molecule has 24 heavy (non-hydrogen) atoms. The van der Waals surface area contributed by atoms with Crippen LogP contribution in [0, 0.1) is 5.92 Å². The average molecular weight is 338 g/mol. The minimum Gasteiger partial charge on any atom is -0.480 e. The molecule has 0 aliphatic rings. The third-order valence-electron chi connectivity index (χ3n) is 3.81. The third-order valence-corrected chi connectivity index (χ3v) is 3.81. The molecule has 0 radical (unpaired) electrons. The summed E-state index contributed by atoms with van der Waals surface area (Å²) in [6.07, 6.45) is 2.21. The molecule has 0 aliphatic carbocycles. The Morgan fingerprint density at radius 3 is 3.00 bits per heavy atom. The summed E-state index contributed by atoms with van der Waals surface area (Å²) in [5.41, 5.74) is 5.64. The highest BCUT2D eigenvalue weighted by Gasteiger charge is 2.22. The summed E-state index contributed by atoms with van der Waals surface area (Å²) in [5.74, 6) is -0.836. The van der Waals surface area contributed by atoms with Crippen molar-refractivity contribution in [2.75, 3.05) is 18.9 Å². The van der Waals surface area contributed by atoms with E-state index in [1.165, 1.54) is 6.33 Å². The molecule has 0 spiro atoms. The number of carbonyl (C=O) groups is 1. The van der Waals surface area contributed by atoms with Gasteiger partial charge in [0, 0.05) is 6.54 Å². The highest BCUT2D eigenvalue weighted by atomic mass is 16.5. The van der Waals surface area contributed by atoms with Crippen LogP contribution in [0.25, 0.3) is 11.2 Å². The van der Waals surface area contributed by atoms with E-state index in [4.69, 9.17) is 10.5 Å². The number of carboxylic acid groups (broad SMARTS) is 1. The lowest BCUT2D eigenvalue weighted by molar-refractivity contribution is -0.140. The zero-order valence-corrected chi connectivity index (χ0v) is 13.7. The van der Waals surface area contributed by atoms with Crippen molar-refractivity contribution in [3.05, 3.63) is 16.7 Å². The molecular weight excluding hydrogens is 316 g/mol. The lowest BCUT2D eigenvalue weighted by Crippen LogP contribution is -2.43.